The summed E-state index contributed by atoms with van der Waals surface area (Å²) in [5.41, 5.74) is 4.22. The van der Waals surface area contributed by atoms with Gasteiger partial charge in [0, 0.05) is 22.9 Å². The van der Waals surface area contributed by atoms with Gasteiger partial charge in [0.15, 0.2) is 5.43 Å². The first-order chi connectivity index (χ1) is 14.5. The number of nitrogens with zero attached hydrogens (tertiary/aromatic N) is 2. The second-order valence-electron chi connectivity index (χ2n) is 7.36. The summed E-state index contributed by atoms with van der Waals surface area (Å²) in [6.07, 6.45) is 1.64. The highest BCUT2D eigenvalue weighted by Gasteiger charge is 2.19. The van der Waals surface area contributed by atoms with Crippen LogP contribution in [0.3, 0.4) is 0 Å². The molecule has 0 saturated carbocycles. The van der Waals surface area contributed by atoms with Crippen LogP contribution in [0.25, 0.3) is 22.3 Å². The van der Waals surface area contributed by atoms with E-state index < -0.39 is 0 Å². The lowest BCUT2D eigenvalue weighted by molar-refractivity contribution is 0.605. The van der Waals surface area contributed by atoms with Crippen LogP contribution in [-0.2, 0) is 0 Å². The Balaban J connectivity index is 1.90. The Morgan fingerprint density at radius 3 is 2.60 bits per heavy atom. The third-order valence-corrected chi connectivity index (χ3v) is 5.18. The molecule has 1 atom stereocenters. The molecule has 1 N–H and O–H groups in total. The van der Waals surface area contributed by atoms with Crippen LogP contribution in [0, 0.1) is 25.2 Å². The molecule has 0 saturated heterocycles. The quantitative estimate of drug-likeness (QED) is 0.492. The fourth-order valence-electron chi connectivity index (χ4n) is 3.65. The first-order valence-corrected chi connectivity index (χ1v) is 9.74. The third-order valence-electron chi connectivity index (χ3n) is 5.18. The van der Waals surface area contributed by atoms with Gasteiger partial charge >= 0.3 is 0 Å². The van der Waals surface area contributed by atoms with Crippen LogP contribution < -0.4 is 10.7 Å². The van der Waals surface area contributed by atoms with Crippen molar-refractivity contribution in [2.45, 2.75) is 26.8 Å². The molecule has 0 amide bonds. The topological polar surface area (TPSA) is 78.9 Å². The minimum absolute atomic E-state index is 0.0391. The number of hydrogen-bond acceptors (Lipinski definition) is 5. The van der Waals surface area contributed by atoms with E-state index in [2.05, 4.69) is 16.4 Å². The van der Waals surface area contributed by atoms with Crippen LogP contribution in [0.2, 0.25) is 0 Å². The average molecular weight is 395 g/mol. The number of pyridine rings is 1. The second kappa shape index (κ2) is 7.84. The van der Waals surface area contributed by atoms with Crippen LogP contribution >= 0.6 is 0 Å². The van der Waals surface area contributed by atoms with E-state index in [1.54, 1.807) is 25.3 Å². The number of fused-ring (bicyclic) bond motifs is 1. The zero-order valence-corrected chi connectivity index (χ0v) is 17.1. The summed E-state index contributed by atoms with van der Waals surface area (Å²) in [5, 5.41) is 13.2. The van der Waals surface area contributed by atoms with E-state index >= 15 is 0 Å². The lowest BCUT2D eigenvalue weighted by Gasteiger charge is -2.18. The summed E-state index contributed by atoms with van der Waals surface area (Å²) in [7, 11) is 0. The van der Waals surface area contributed by atoms with Crippen molar-refractivity contribution in [2.75, 3.05) is 5.32 Å². The summed E-state index contributed by atoms with van der Waals surface area (Å²) in [6, 6.07) is 18.9. The predicted octanol–water partition coefficient (Wildman–Crippen LogP) is 5.52. The summed E-state index contributed by atoms with van der Waals surface area (Å²) >= 11 is 0. The lowest BCUT2D eigenvalue weighted by atomic mass is 9.99. The van der Waals surface area contributed by atoms with E-state index in [4.69, 9.17) is 4.42 Å². The molecular weight excluding hydrogens is 374 g/mol. The Kier molecular flexibility index (Phi) is 5.07. The van der Waals surface area contributed by atoms with Gasteiger partial charge < -0.3 is 9.73 Å². The molecule has 148 valence electrons. The maximum absolute atomic E-state index is 13.2. The maximum atomic E-state index is 13.2. The van der Waals surface area contributed by atoms with Gasteiger partial charge in [-0.3, -0.25) is 4.79 Å². The molecule has 5 nitrogen and oxygen atoms in total. The number of nitriles is 1. The Hall–Kier alpha value is -3.91. The maximum Gasteiger partial charge on any atom is 0.196 e. The molecule has 0 fully saturated rings. The fourth-order valence-corrected chi connectivity index (χ4v) is 3.65. The average Bonchev–Trinajstić information content (AvgIpc) is 2.77. The van der Waals surface area contributed by atoms with Crippen molar-refractivity contribution in [2.24, 2.45) is 0 Å². The molecule has 0 spiro atoms. The van der Waals surface area contributed by atoms with Crippen molar-refractivity contribution < 1.29 is 4.42 Å². The molecule has 2 aromatic heterocycles. The first kappa shape index (κ1) is 19.4. The van der Waals surface area contributed by atoms with Crippen molar-refractivity contribution in [1.29, 1.82) is 5.26 Å². The van der Waals surface area contributed by atoms with Crippen molar-refractivity contribution in [1.82, 2.24) is 4.98 Å². The molecule has 0 radical (unpaired) electrons. The molecule has 2 heterocycles. The minimum atomic E-state index is -0.233. The third kappa shape index (κ3) is 3.44. The van der Waals surface area contributed by atoms with E-state index in [1.165, 1.54) is 0 Å². The molecule has 0 aliphatic heterocycles. The van der Waals surface area contributed by atoms with Crippen molar-refractivity contribution in [3.8, 4) is 17.4 Å². The molecule has 5 heteroatoms. The molecule has 4 rings (SSSR count). The smallest absolute Gasteiger partial charge is 0.196 e. The largest absolute Gasteiger partial charge is 0.455 e. The number of hydrogen-bond donors (Lipinski definition) is 1. The highest BCUT2D eigenvalue weighted by atomic mass is 16.3. The number of nitrogens with one attached hydrogen (secondary N) is 1. The van der Waals surface area contributed by atoms with Crippen LogP contribution in [0.1, 0.15) is 35.2 Å². The van der Waals surface area contributed by atoms with Gasteiger partial charge in [0.1, 0.15) is 23.2 Å². The first-order valence-electron chi connectivity index (χ1n) is 9.74. The fraction of sp³-hybridized carbons (Fsp3) is 0.160. The zero-order chi connectivity index (χ0) is 21.3. The van der Waals surface area contributed by atoms with Crippen molar-refractivity contribution >= 4 is 16.8 Å². The minimum Gasteiger partial charge on any atom is -0.455 e. The zero-order valence-electron chi connectivity index (χ0n) is 17.1. The Morgan fingerprint density at radius 1 is 1.10 bits per heavy atom. The van der Waals surface area contributed by atoms with Crippen LogP contribution in [0.5, 0.6) is 0 Å². The van der Waals surface area contributed by atoms with Gasteiger partial charge in [-0.25, -0.2) is 4.98 Å². The highest BCUT2D eigenvalue weighted by molar-refractivity contribution is 5.84. The Labute approximate surface area is 174 Å². The second-order valence-corrected chi connectivity index (χ2v) is 7.36. The van der Waals surface area contributed by atoms with E-state index in [-0.39, 0.29) is 11.5 Å². The molecule has 0 unspecified atom stereocenters. The summed E-state index contributed by atoms with van der Waals surface area (Å²) in [5.74, 6) is 1.07. The van der Waals surface area contributed by atoms with Gasteiger partial charge in [-0.2, -0.15) is 5.26 Å². The van der Waals surface area contributed by atoms with E-state index in [9.17, 15) is 10.1 Å². The molecule has 0 bridgehead atoms. The van der Waals surface area contributed by atoms with Crippen LogP contribution in [0.4, 0.5) is 5.82 Å². The highest BCUT2D eigenvalue weighted by Crippen LogP contribution is 2.32. The van der Waals surface area contributed by atoms with Gasteiger partial charge in [0.05, 0.1) is 17.0 Å². The molecule has 0 aliphatic rings. The molecule has 2 aromatic carbocycles. The normalized spacial score (nSPS) is 11.8. The van der Waals surface area contributed by atoms with E-state index in [0.29, 0.717) is 33.7 Å². The number of benzene rings is 2. The molecule has 30 heavy (non-hydrogen) atoms. The summed E-state index contributed by atoms with van der Waals surface area (Å²) in [4.78, 5) is 17.5. The van der Waals surface area contributed by atoms with Crippen LogP contribution in [-0.4, -0.2) is 4.98 Å². The summed E-state index contributed by atoms with van der Waals surface area (Å²) < 4.78 is 6.34. The molecule has 4 aromatic rings. The standard InChI is InChI=1S/C25H21N3O2/c1-15-12-20(17(3)28-25-19(14-26)10-7-11-27-25)24-21(13-15)22(29)16(2)23(30-24)18-8-5-4-6-9-18/h4-13,17H,1-3H3,(H,27,28)/t17-/m1/s1. The Bertz CT molecular complexity index is 1330. The molecular formula is C25H21N3O2. The van der Waals surface area contributed by atoms with Crippen LogP contribution in [0.15, 0.2) is 70.0 Å². The number of aromatic nitrogens is 1. The number of aryl methyl sites for hydroxylation is 1. The summed E-state index contributed by atoms with van der Waals surface area (Å²) in [6.45, 7) is 5.72. The lowest BCUT2D eigenvalue weighted by Crippen LogP contribution is -2.13. The van der Waals surface area contributed by atoms with Gasteiger partial charge in [-0.1, -0.05) is 36.4 Å². The SMILES string of the molecule is Cc1cc([C@@H](C)Nc2ncccc2C#N)c2oc(-c3ccccc3)c(C)c(=O)c2c1. The monoisotopic (exact) mass is 395 g/mol. The predicted molar refractivity (Wildman–Crippen MR) is 118 cm³/mol. The number of anilines is 1. The van der Waals surface area contributed by atoms with E-state index in [0.717, 1.165) is 16.7 Å². The van der Waals surface area contributed by atoms with Gasteiger partial charge in [-0.05, 0) is 44.5 Å². The Morgan fingerprint density at radius 2 is 1.87 bits per heavy atom. The van der Waals surface area contributed by atoms with Gasteiger partial charge in [-0.15, -0.1) is 0 Å². The van der Waals surface area contributed by atoms with Gasteiger partial charge in [0.25, 0.3) is 0 Å². The number of rotatable bonds is 4. The van der Waals surface area contributed by atoms with Crippen molar-refractivity contribution in [3.63, 3.8) is 0 Å². The molecule has 0 aliphatic carbocycles. The van der Waals surface area contributed by atoms with Gasteiger partial charge in [0.2, 0.25) is 0 Å². The van der Waals surface area contributed by atoms with E-state index in [1.807, 2.05) is 56.3 Å². The van der Waals surface area contributed by atoms with Crippen molar-refractivity contribution in [3.05, 3.63) is 93.3 Å².